The zero-order chi connectivity index (χ0) is 11.4. The predicted molar refractivity (Wildman–Crippen MR) is 65.3 cm³/mol. The van der Waals surface area contributed by atoms with Crippen molar-refractivity contribution in [1.29, 1.82) is 0 Å². The SMILES string of the molecule is Nc1ccc(C(O)C(O)CCS)cc1Cl. The Balaban J connectivity index is 2.81. The molecule has 5 heteroatoms. The molecule has 0 aliphatic heterocycles. The van der Waals surface area contributed by atoms with E-state index in [9.17, 15) is 10.2 Å². The van der Waals surface area contributed by atoms with Crippen molar-refractivity contribution in [3.63, 3.8) is 0 Å². The van der Waals surface area contributed by atoms with E-state index in [0.29, 0.717) is 28.4 Å². The van der Waals surface area contributed by atoms with E-state index in [1.54, 1.807) is 18.2 Å². The fourth-order valence-electron chi connectivity index (χ4n) is 1.24. The van der Waals surface area contributed by atoms with Crippen LogP contribution in [0.2, 0.25) is 5.02 Å². The lowest BCUT2D eigenvalue weighted by molar-refractivity contribution is 0.0172. The standard InChI is InChI=1S/C10H14ClNO2S/c11-7-5-6(1-2-8(7)12)10(14)9(13)3-4-15/h1-2,5,9-10,13-15H,3-4,12H2. The van der Waals surface area contributed by atoms with Gasteiger partial charge in [0.05, 0.1) is 16.8 Å². The van der Waals surface area contributed by atoms with Crippen molar-refractivity contribution in [2.24, 2.45) is 0 Å². The molecule has 0 heterocycles. The van der Waals surface area contributed by atoms with Crippen LogP contribution in [0.5, 0.6) is 0 Å². The van der Waals surface area contributed by atoms with Crippen LogP contribution in [-0.4, -0.2) is 22.1 Å². The lowest BCUT2D eigenvalue weighted by Gasteiger charge is -2.17. The van der Waals surface area contributed by atoms with Crippen LogP contribution in [0, 0.1) is 0 Å². The highest BCUT2D eigenvalue weighted by Gasteiger charge is 2.18. The van der Waals surface area contributed by atoms with Crippen molar-refractivity contribution >= 4 is 29.9 Å². The number of nitrogen functional groups attached to an aromatic ring is 1. The van der Waals surface area contributed by atoms with Crippen LogP contribution < -0.4 is 5.73 Å². The molecule has 4 N–H and O–H groups in total. The molecule has 0 saturated heterocycles. The smallest absolute Gasteiger partial charge is 0.105 e. The summed E-state index contributed by atoms with van der Waals surface area (Å²) in [5, 5.41) is 19.7. The minimum Gasteiger partial charge on any atom is -0.398 e. The second-order valence-corrected chi connectivity index (χ2v) is 4.16. The van der Waals surface area contributed by atoms with E-state index < -0.39 is 12.2 Å². The highest BCUT2D eigenvalue weighted by Crippen LogP contribution is 2.26. The molecule has 1 aromatic carbocycles. The van der Waals surface area contributed by atoms with Gasteiger partial charge < -0.3 is 15.9 Å². The van der Waals surface area contributed by atoms with Gasteiger partial charge >= 0.3 is 0 Å². The van der Waals surface area contributed by atoms with Crippen LogP contribution >= 0.6 is 24.2 Å². The normalized spacial score (nSPS) is 14.9. The van der Waals surface area contributed by atoms with E-state index >= 15 is 0 Å². The molecule has 0 amide bonds. The van der Waals surface area contributed by atoms with E-state index in [4.69, 9.17) is 17.3 Å². The molecule has 2 unspecified atom stereocenters. The van der Waals surface area contributed by atoms with Gasteiger partial charge in [-0.15, -0.1) is 0 Å². The van der Waals surface area contributed by atoms with Gasteiger partial charge in [-0.3, -0.25) is 0 Å². The largest absolute Gasteiger partial charge is 0.398 e. The molecule has 0 aromatic heterocycles. The van der Waals surface area contributed by atoms with Gasteiger partial charge in [-0.2, -0.15) is 12.6 Å². The molecule has 0 spiro atoms. The maximum absolute atomic E-state index is 9.75. The minimum atomic E-state index is -0.949. The number of anilines is 1. The van der Waals surface area contributed by atoms with E-state index in [1.165, 1.54) is 0 Å². The lowest BCUT2D eigenvalue weighted by atomic mass is 10.0. The average Bonchev–Trinajstić information content (AvgIpc) is 2.21. The van der Waals surface area contributed by atoms with E-state index in [-0.39, 0.29) is 0 Å². The van der Waals surface area contributed by atoms with Crippen LogP contribution in [0.1, 0.15) is 18.1 Å². The third-order valence-corrected chi connectivity index (χ3v) is 2.74. The zero-order valence-corrected chi connectivity index (χ0v) is 9.75. The number of aliphatic hydroxyl groups is 2. The summed E-state index contributed by atoms with van der Waals surface area (Å²) in [5.41, 5.74) is 6.55. The summed E-state index contributed by atoms with van der Waals surface area (Å²) in [6.45, 7) is 0. The first-order valence-corrected chi connectivity index (χ1v) is 5.59. The van der Waals surface area contributed by atoms with Crippen LogP contribution in [0.25, 0.3) is 0 Å². The summed E-state index contributed by atoms with van der Waals surface area (Å²) in [4.78, 5) is 0. The third kappa shape index (κ3) is 3.28. The minimum absolute atomic E-state index is 0.379. The van der Waals surface area contributed by atoms with Gasteiger partial charge in [0.25, 0.3) is 0 Å². The molecule has 0 bridgehead atoms. The molecule has 0 aliphatic carbocycles. The Kier molecular flexibility index (Phi) is 4.73. The van der Waals surface area contributed by atoms with Gasteiger partial charge in [0.1, 0.15) is 6.10 Å². The van der Waals surface area contributed by atoms with E-state index in [2.05, 4.69) is 12.6 Å². The van der Waals surface area contributed by atoms with Gasteiger partial charge in [0.2, 0.25) is 0 Å². The first-order valence-electron chi connectivity index (χ1n) is 4.58. The van der Waals surface area contributed by atoms with Crippen molar-refractivity contribution in [3.8, 4) is 0 Å². The maximum Gasteiger partial charge on any atom is 0.105 e. The van der Waals surface area contributed by atoms with Gasteiger partial charge in [-0.25, -0.2) is 0 Å². The topological polar surface area (TPSA) is 66.5 Å². The first kappa shape index (κ1) is 12.6. The lowest BCUT2D eigenvalue weighted by Crippen LogP contribution is -2.18. The van der Waals surface area contributed by atoms with Crippen LogP contribution in [-0.2, 0) is 0 Å². The number of hydrogen-bond acceptors (Lipinski definition) is 4. The number of halogens is 1. The Morgan fingerprint density at radius 2 is 2.07 bits per heavy atom. The average molecular weight is 248 g/mol. The zero-order valence-electron chi connectivity index (χ0n) is 8.10. The summed E-state index contributed by atoms with van der Waals surface area (Å²) in [6, 6.07) is 4.81. The Morgan fingerprint density at radius 3 is 2.60 bits per heavy atom. The number of hydrogen-bond donors (Lipinski definition) is 4. The fourth-order valence-corrected chi connectivity index (χ4v) is 1.69. The second-order valence-electron chi connectivity index (χ2n) is 3.31. The summed E-state index contributed by atoms with van der Waals surface area (Å²) in [6.07, 6.45) is -1.36. The third-order valence-electron chi connectivity index (χ3n) is 2.16. The van der Waals surface area contributed by atoms with Gasteiger partial charge in [-0.05, 0) is 29.9 Å². The number of rotatable bonds is 4. The second kappa shape index (κ2) is 5.61. The first-order chi connectivity index (χ1) is 7.06. The molecule has 84 valence electrons. The fraction of sp³-hybridized carbons (Fsp3) is 0.400. The molecule has 1 rings (SSSR count). The molecule has 15 heavy (non-hydrogen) atoms. The summed E-state index contributed by atoms with van der Waals surface area (Å²) in [7, 11) is 0. The van der Waals surface area contributed by atoms with Crippen LogP contribution in [0.4, 0.5) is 5.69 Å². The Hall–Kier alpha value is -0.420. The van der Waals surface area contributed by atoms with Gasteiger partial charge in [0, 0.05) is 0 Å². The monoisotopic (exact) mass is 247 g/mol. The van der Waals surface area contributed by atoms with E-state index in [1.807, 2.05) is 0 Å². The highest BCUT2D eigenvalue weighted by atomic mass is 35.5. The van der Waals surface area contributed by atoms with E-state index in [0.717, 1.165) is 0 Å². The Bertz CT molecular complexity index is 335. The molecule has 0 aliphatic rings. The molecular weight excluding hydrogens is 234 g/mol. The molecule has 1 aromatic rings. The molecule has 3 nitrogen and oxygen atoms in total. The summed E-state index contributed by atoms with van der Waals surface area (Å²) >= 11 is 9.79. The maximum atomic E-state index is 9.75. The van der Waals surface area contributed by atoms with Crippen molar-refractivity contribution in [1.82, 2.24) is 0 Å². The van der Waals surface area contributed by atoms with Crippen molar-refractivity contribution in [2.45, 2.75) is 18.6 Å². The molecular formula is C10H14ClNO2S. The predicted octanol–water partition coefficient (Wildman–Crippen LogP) is 1.64. The highest BCUT2D eigenvalue weighted by molar-refractivity contribution is 7.80. The molecule has 0 radical (unpaired) electrons. The number of aliphatic hydroxyl groups excluding tert-OH is 2. The van der Waals surface area contributed by atoms with Gasteiger partial charge in [-0.1, -0.05) is 17.7 Å². The number of nitrogens with two attached hydrogens (primary N) is 1. The van der Waals surface area contributed by atoms with Crippen molar-refractivity contribution in [2.75, 3.05) is 11.5 Å². The molecule has 0 fully saturated rings. The number of benzene rings is 1. The van der Waals surface area contributed by atoms with Crippen molar-refractivity contribution < 1.29 is 10.2 Å². The molecule has 0 saturated carbocycles. The quantitative estimate of drug-likeness (QED) is 0.483. The summed E-state index contributed by atoms with van der Waals surface area (Å²) < 4.78 is 0. The number of thiol groups is 1. The van der Waals surface area contributed by atoms with Crippen LogP contribution in [0.15, 0.2) is 18.2 Å². The van der Waals surface area contributed by atoms with Crippen molar-refractivity contribution in [3.05, 3.63) is 28.8 Å². The summed E-state index contributed by atoms with van der Waals surface area (Å²) in [5.74, 6) is 0.515. The molecule has 2 atom stereocenters. The van der Waals surface area contributed by atoms with Crippen LogP contribution in [0.3, 0.4) is 0 Å². The Labute approximate surface area is 99.3 Å². The van der Waals surface area contributed by atoms with Gasteiger partial charge in [0.15, 0.2) is 0 Å². The Morgan fingerprint density at radius 1 is 1.40 bits per heavy atom.